The number of aromatic nitrogens is 2. The fourth-order valence-corrected chi connectivity index (χ4v) is 3.32. The van der Waals surface area contributed by atoms with Gasteiger partial charge in [-0.25, -0.2) is 0 Å². The SMILES string of the molecule is CNC(=O)C1CN(C(=O)c2cnn(C)c2)CCN1CCc1ccccc1. The zero-order valence-corrected chi connectivity index (χ0v) is 15.3. The van der Waals surface area contributed by atoms with Crippen LogP contribution in [-0.4, -0.2) is 70.7 Å². The fourth-order valence-electron chi connectivity index (χ4n) is 3.32. The first-order valence-electron chi connectivity index (χ1n) is 8.86. The van der Waals surface area contributed by atoms with Crippen LogP contribution in [0.15, 0.2) is 42.7 Å². The monoisotopic (exact) mass is 355 g/mol. The lowest BCUT2D eigenvalue weighted by Gasteiger charge is -2.40. The van der Waals surface area contributed by atoms with Gasteiger partial charge < -0.3 is 10.2 Å². The Balaban J connectivity index is 1.67. The first-order chi connectivity index (χ1) is 12.6. The summed E-state index contributed by atoms with van der Waals surface area (Å²) in [5, 5.41) is 6.79. The van der Waals surface area contributed by atoms with Crippen molar-refractivity contribution in [3.05, 3.63) is 53.9 Å². The molecule has 1 aliphatic rings. The highest BCUT2D eigenvalue weighted by Crippen LogP contribution is 2.15. The number of nitrogens with zero attached hydrogens (tertiary/aromatic N) is 4. The largest absolute Gasteiger partial charge is 0.358 e. The molecule has 1 fully saturated rings. The lowest BCUT2D eigenvalue weighted by molar-refractivity contribution is -0.127. The second-order valence-corrected chi connectivity index (χ2v) is 6.56. The van der Waals surface area contributed by atoms with Gasteiger partial charge >= 0.3 is 0 Å². The maximum Gasteiger partial charge on any atom is 0.257 e. The van der Waals surface area contributed by atoms with E-state index in [0.717, 1.165) is 13.0 Å². The quantitative estimate of drug-likeness (QED) is 0.850. The van der Waals surface area contributed by atoms with E-state index in [4.69, 9.17) is 0 Å². The van der Waals surface area contributed by atoms with E-state index in [2.05, 4.69) is 27.4 Å². The van der Waals surface area contributed by atoms with E-state index in [1.165, 1.54) is 5.56 Å². The van der Waals surface area contributed by atoms with E-state index in [-0.39, 0.29) is 17.9 Å². The van der Waals surface area contributed by atoms with Gasteiger partial charge in [0.2, 0.25) is 5.91 Å². The molecular formula is C19H25N5O2. The number of aryl methyl sites for hydroxylation is 1. The van der Waals surface area contributed by atoms with Crippen molar-refractivity contribution in [2.45, 2.75) is 12.5 Å². The number of rotatable bonds is 5. The molecular weight excluding hydrogens is 330 g/mol. The molecule has 0 bridgehead atoms. The van der Waals surface area contributed by atoms with Crippen LogP contribution in [0.25, 0.3) is 0 Å². The normalized spacial score (nSPS) is 17.9. The summed E-state index contributed by atoms with van der Waals surface area (Å²) in [4.78, 5) is 29.0. The molecule has 1 unspecified atom stereocenters. The molecule has 1 aliphatic heterocycles. The molecule has 2 aromatic rings. The maximum absolute atomic E-state index is 12.7. The van der Waals surface area contributed by atoms with Gasteiger partial charge in [0, 0.05) is 46.5 Å². The highest BCUT2D eigenvalue weighted by molar-refractivity contribution is 5.94. The molecule has 26 heavy (non-hydrogen) atoms. The van der Waals surface area contributed by atoms with Crippen molar-refractivity contribution in [3.8, 4) is 0 Å². The van der Waals surface area contributed by atoms with Gasteiger partial charge in [0.1, 0.15) is 6.04 Å². The van der Waals surface area contributed by atoms with Gasteiger partial charge in [-0.05, 0) is 12.0 Å². The van der Waals surface area contributed by atoms with E-state index in [9.17, 15) is 9.59 Å². The number of piperazine rings is 1. The minimum absolute atomic E-state index is 0.0539. The van der Waals surface area contributed by atoms with Crippen LogP contribution in [0.5, 0.6) is 0 Å². The molecule has 1 atom stereocenters. The number of carbonyl (C=O) groups is 2. The molecule has 1 N–H and O–H groups in total. The van der Waals surface area contributed by atoms with Crippen molar-refractivity contribution in [2.75, 3.05) is 33.2 Å². The van der Waals surface area contributed by atoms with E-state index in [1.54, 1.807) is 36.1 Å². The molecule has 7 heteroatoms. The van der Waals surface area contributed by atoms with E-state index in [1.807, 2.05) is 18.2 Å². The standard InChI is InChI=1S/C19H25N5O2/c1-20-18(25)17-14-24(19(26)16-12-21-22(2)13-16)11-10-23(17)9-8-15-6-4-3-5-7-15/h3-7,12-13,17H,8-11,14H2,1-2H3,(H,20,25). The van der Waals surface area contributed by atoms with E-state index >= 15 is 0 Å². The van der Waals surface area contributed by atoms with Gasteiger partial charge in [0.25, 0.3) is 5.91 Å². The van der Waals surface area contributed by atoms with Crippen molar-refractivity contribution >= 4 is 11.8 Å². The predicted molar refractivity (Wildman–Crippen MR) is 98.7 cm³/mol. The first kappa shape index (κ1) is 18.1. The number of benzene rings is 1. The van der Waals surface area contributed by atoms with Crippen LogP contribution in [0.4, 0.5) is 0 Å². The number of nitrogens with one attached hydrogen (secondary N) is 1. The zero-order chi connectivity index (χ0) is 18.5. The van der Waals surface area contributed by atoms with Crippen LogP contribution in [0, 0.1) is 0 Å². The number of likely N-dealkylation sites (N-methyl/N-ethyl adjacent to an activating group) is 1. The number of hydrogen-bond donors (Lipinski definition) is 1. The third-order valence-electron chi connectivity index (χ3n) is 4.81. The summed E-state index contributed by atoms with van der Waals surface area (Å²) in [6.07, 6.45) is 4.16. The van der Waals surface area contributed by atoms with Crippen LogP contribution >= 0.6 is 0 Å². The third-order valence-corrected chi connectivity index (χ3v) is 4.81. The van der Waals surface area contributed by atoms with E-state index in [0.29, 0.717) is 25.2 Å². The van der Waals surface area contributed by atoms with Crippen molar-refractivity contribution < 1.29 is 9.59 Å². The minimum atomic E-state index is -0.335. The van der Waals surface area contributed by atoms with Crippen LogP contribution < -0.4 is 5.32 Å². The Morgan fingerprint density at radius 2 is 2.00 bits per heavy atom. The van der Waals surface area contributed by atoms with Gasteiger partial charge in [0.05, 0.1) is 11.8 Å². The van der Waals surface area contributed by atoms with E-state index < -0.39 is 0 Å². The molecule has 7 nitrogen and oxygen atoms in total. The van der Waals surface area contributed by atoms with Crippen LogP contribution in [0.1, 0.15) is 15.9 Å². The van der Waals surface area contributed by atoms with Gasteiger partial charge in [-0.2, -0.15) is 5.10 Å². The summed E-state index contributed by atoms with van der Waals surface area (Å²) in [6.45, 7) is 2.46. The Bertz CT molecular complexity index is 758. The summed E-state index contributed by atoms with van der Waals surface area (Å²) in [5.74, 6) is -0.128. The summed E-state index contributed by atoms with van der Waals surface area (Å²) < 4.78 is 1.61. The van der Waals surface area contributed by atoms with Crippen molar-refractivity contribution in [1.29, 1.82) is 0 Å². The molecule has 0 radical (unpaired) electrons. The first-order valence-corrected chi connectivity index (χ1v) is 8.86. The number of hydrogen-bond acceptors (Lipinski definition) is 4. The molecule has 1 aromatic heterocycles. The average molecular weight is 355 g/mol. The van der Waals surface area contributed by atoms with Crippen molar-refractivity contribution in [3.63, 3.8) is 0 Å². The molecule has 138 valence electrons. The predicted octanol–water partition coefficient (Wildman–Crippen LogP) is 0.535. The van der Waals surface area contributed by atoms with Crippen molar-refractivity contribution in [1.82, 2.24) is 24.9 Å². The van der Waals surface area contributed by atoms with Crippen molar-refractivity contribution in [2.24, 2.45) is 7.05 Å². The summed E-state index contributed by atoms with van der Waals surface area (Å²) in [5.41, 5.74) is 1.80. The maximum atomic E-state index is 12.7. The fraction of sp³-hybridized carbons (Fsp3) is 0.421. The third kappa shape index (κ3) is 4.11. The second-order valence-electron chi connectivity index (χ2n) is 6.56. The molecule has 1 aromatic carbocycles. The van der Waals surface area contributed by atoms with Crippen LogP contribution in [-0.2, 0) is 18.3 Å². The number of amides is 2. The van der Waals surface area contributed by atoms with Gasteiger partial charge in [-0.1, -0.05) is 30.3 Å². The molecule has 2 heterocycles. The highest BCUT2D eigenvalue weighted by atomic mass is 16.2. The molecule has 1 saturated heterocycles. The Kier molecular flexibility index (Phi) is 5.68. The lowest BCUT2D eigenvalue weighted by atomic mass is 10.1. The Hall–Kier alpha value is -2.67. The smallest absolute Gasteiger partial charge is 0.257 e. The van der Waals surface area contributed by atoms with Crippen LogP contribution in [0.2, 0.25) is 0 Å². The lowest BCUT2D eigenvalue weighted by Crippen LogP contribution is -2.60. The molecule has 0 aliphatic carbocycles. The molecule has 0 spiro atoms. The zero-order valence-electron chi connectivity index (χ0n) is 15.3. The second kappa shape index (κ2) is 8.14. The van der Waals surface area contributed by atoms with Gasteiger partial charge in [-0.15, -0.1) is 0 Å². The number of carbonyl (C=O) groups excluding carboxylic acids is 2. The average Bonchev–Trinajstić information content (AvgIpc) is 3.12. The topological polar surface area (TPSA) is 70.5 Å². The minimum Gasteiger partial charge on any atom is -0.358 e. The Morgan fingerprint density at radius 1 is 1.23 bits per heavy atom. The summed E-state index contributed by atoms with van der Waals surface area (Å²) >= 11 is 0. The summed E-state index contributed by atoms with van der Waals surface area (Å²) in [6, 6.07) is 9.90. The molecule has 2 amide bonds. The Labute approximate surface area is 153 Å². The van der Waals surface area contributed by atoms with Gasteiger partial charge in [0.15, 0.2) is 0 Å². The molecule has 0 saturated carbocycles. The molecule has 3 rings (SSSR count). The van der Waals surface area contributed by atoms with Crippen LogP contribution in [0.3, 0.4) is 0 Å². The Morgan fingerprint density at radius 3 is 2.65 bits per heavy atom. The summed E-state index contributed by atoms with van der Waals surface area (Å²) in [7, 11) is 3.42. The van der Waals surface area contributed by atoms with Gasteiger partial charge in [-0.3, -0.25) is 19.2 Å². The highest BCUT2D eigenvalue weighted by Gasteiger charge is 2.34.